The summed E-state index contributed by atoms with van der Waals surface area (Å²) in [5.41, 5.74) is 4.53. The van der Waals surface area contributed by atoms with E-state index in [1.165, 1.54) is 4.57 Å². The molecule has 4 aromatic rings. The van der Waals surface area contributed by atoms with E-state index in [-0.39, 0.29) is 0 Å². The van der Waals surface area contributed by atoms with Crippen molar-refractivity contribution in [2.75, 3.05) is 0 Å². The van der Waals surface area contributed by atoms with Gasteiger partial charge in [0, 0.05) is 30.4 Å². The molecule has 1 aliphatic heterocycles. The minimum Gasteiger partial charge on any atom is -0.264 e. The van der Waals surface area contributed by atoms with E-state index in [2.05, 4.69) is 14.5 Å². The van der Waals surface area contributed by atoms with Crippen molar-refractivity contribution >= 4 is 22.1 Å². The van der Waals surface area contributed by atoms with Gasteiger partial charge >= 0.3 is 0 Å². The number of pyridine rings is 2. The van der Waals surface area contributed by atoms with Crippen molar-refractivity contribution in [3.05, 3.63) is 42.5 Å². The Morgan fingerprint density at radius 2 is 2.10 bits per heavy atom. The van der Waals surface area contributed by atoms with E-state index < -0.39 is 6.98 Å². The lowest BCUT2D eigenvalue weighted by molar-refractivity contribution is -0.636. The first kappa shape index (κ1) is 8.56. The quantitative estimate of drug-likeness (QED) is 0.405. The average Bonchev–Trinajstić information content (AvgIpc) is 3.15. The molecule has 0 atom stereocenters. The van der Waals surface area contributed by atoms with Gasteiger partial charge in [-0.3, -0.25) is 14.5 Å². The van der Waals surface area contributed by atoms with Crippen LogP contribution in [0.4, 0.5) is 0 Å². The highest BCUT2D eigenvalue weighted by molar-refractivity contribution is 6.04. The maximum absolute atomic E-state index is 8.09. The molecule has 0 amide bonds. The third-order valence-corrected chi connectivity index (χ3v) is 4.37. The van der Waals surface area contributed by atoms with Gasteiger partial charge in [-0.05, 0) is 12.1 Å². The molecule has 5 rings (SSSR count). The zero-order valence-corrected chi connectivity index (χ0v) is 11.4. The van der Waals surface area contributed by atoms with Crippen molar-refractivity contribution in [3.63, 3.8) is 0 Å². The lowest BCUT2D eigenvalue weighted by Gasteiger charge is -1.98. The van der Waals surface area contributed by atoms with Crippen LogP contribution in [-0.2, 0) is 20.6 Å². The van der Waals surface area contributed by atoms with Gasteiger partial charge in [0.2, 0.25) is 5.82 Å². The van der Waals surface area contributed by atoms with E-state index in [9.17, 15) is 0 Å². The van der Waals surface area contributed by atoms with Crippen molar-refractivity contribution < 1.29 is 8.68 Å². The second kappa shape index (κ2) is 3.49. The van der Waals surface area contributed by atoms with Gasteiger partial charge in [0.25, 0.3) is 5.65 Å². The van der Waals surface area contributed by atoms with Crippen LogP contribution >= 0.6 is 0 Å². The number of aryl methyl sites for hydroxylation is 2. The van der Waals surface area contributed by atoms with Crippen molar-refractivity contribution in [2.45, 2.75) is 6.54 Å². The van der Waals surface area contributed by atoms with Crippen LogP contribution in [0.15, 0.2) is 36.9 Å². The molecule has 0 saturated carbocycles. The van der Waals surface area contributed by atoms with Crippen molar-refractivity contribution in [1.82, 2.24) is 19.1 Å². The standard InChI is InChI=1S/C16H14N5/c1-19-13-4-6-18-8-12(13)14-16(19)20(2)15-11-3-5-17-7-10(11)9-21(14)15/h3-8H,9H2,1-2H3/q+1/i2D3. The molecule has 0 spiro atoms. The van der Waals surface area contributed by atoms with Gasteiger partial charge < -0.3 is 0 Å². The van der Waals surface area contributed by atoms with Crippen LogP contribution in [0.3, 0.4) is 0 Å². The maximum atomic E-state index is 8.09. The molecule has 4 aromatic heterocycles. The molecule has 5 heterocycles. The Balaban J connectivity index is 2.05. The molecule has 5 heteroatoms. The molecule has 0 N–H and O–H groups in total. The first-order valence-corrected chi connectivity index (χ1v) is 6.79. The van der Waals surface area contributed by atoms with Crippen LogP contribution in [0.25, 0.3) is 33.5 Å². The van der Waals surface area contributed by atoms with E-state index >= 15 is 0 Å². The van der Waals surface area contributed by atoms with Crippen molar-refractivity contribution in [3.8, 4) is 11.4 Å². The molecule has 0 unspecified atom stereocenters. The normalized spacial score (nSPS) is 15.8. The Bertz CT molecular complexity index is 1140. The number of nitrogens with zero attached hydrogens (tertiary/aromatic N) is 5. The van der Waals surface area contributed by atoms with Gasteiger partial charge in [-0.1, -0.05) is 0 Å². The largest absolute Gasteiger partial charge is 0.269 e. The molecule has 21 heavy (non-hydrogen) atoms. The van der Waals surface area contributed by atoms with Crippen LogP contribution in [0.1, 0.15) is 9.68 Å². The number of rotatable bonds is 0. The van der Waals surface area contributed by atoms with E-state index in [1.807, 2.05) is 23.7 Å². The van der Waals surface area contributed by atoms with Gasteiger partial charge in [0.1, 0.15) is 5.52 Å². The minimum atomic E-state index is -2.28. The Morgan fingerprint density at radius 1 is 1.24 bits per heavy atom. The van der Waals surface area contributed by atoms with Gasteiger partial charge in [0.15, 0.2) is 5.52 Å². The lowest BCUT2D eigenvalue weighted by Crippen LogP contribution is -2.31. The summed E-state index contributed by atoms with van der Waals surface area (Å²) in [5.74, 6) is 0.707. The second-order valence-corrected chi connectivity index (χ2v) is 5.40. The molecule has 5 nitrogen and oxygen atoms in total. The van der Waals surface area contributed by atoms with E-state index in [0.29, 0.717) is 18.0 Å². The summed E-state index contributed by atoms with van der Waals surface area (Å²) in [6.45, 7) is -1.66. The molecular formula is C16H14N5+. The highest BCUT2D eigenvalue weighted by atomic mass is 15.2. The van der Waals surface area contributed by atoms with Crippen LogP contribution in [0, 0.1) is 0 Å². The fourth-order valence-electron chi connectivity index (χ4n) is 3.47. The first-order valence-electron chi connectivity index (χ1n) is 8.29. The maximum Gasteiger partial charge on any atom is 0.269 e. The summed E-state index contributed by atoms with van der Waals surface area (Å²) in [6, 6.07) is 3.80. The average molecular weight is 279 g/mol. The highest BCUT2D eigenvalue weighted by Gasteiger charge is 2.34. The number of aromatic nitrogens is 5. The van der Waals surface area contributed by atoms with Gasteiger partial charge in [-0.2, -0.15) is 0 Å². The van der Waals surface area contributed by atoms with Crippen molar-refractivity contribution in [2.24, 2.45) is 14.0 Å². The zero-order valence-electron chi connectivity index (χ0n) is 14.4. The minimum absolute atomic E-state index is 0.617. The van der Waals surface area contributed by atoms with Gasteiger partial charge in [0.05, 0.1) is 35.6 Å². The summed E-state index contributed by atoms with van der Waals surface area (Å²) in [5, 5.41) is 0.958. The fraction of sp³-hybridized carbons (Fsp3) is 0.188. The van der Waals surface area contributed by atoms with Gasteiger partial charge in [-0.25, -0.2) is 9.13 Å². The Labute approximate surface area is 125 Å². The number of hydrogen-bond donors (Lipinski definition) is 0. The summed E-state index contributed by atoms with van der Waals surface area (Å²) in [7, 11) is 1.90. The third-order valence-electron chi connectivity index (χ3n) is 4.37. The predicted octanol–water partition coefficient (Wildman–Crippen LogP) is 1.78. The molecular weight excluding hydrogens is 262 g/mol. The molecule has 102 valence electrons. The highest BCUT2D eigenvalue weighted by Crippen LogP contribution is 2.36. The SMILES string of the molecule is [2H]C([2H])([2H])[n+]1c2n(c3c4cnccc4n(C)c31)Cc1cnccc1-2. The van der Waals surface area contributed by atoms with E-state index in [1.54, 1.807) is 24.8 Å². The van der Waals surface area contributed by atoms with Crippen LogP contribution in [0.2, 0.25) is 0 Å². The van der Waals surface area contributed by atoms with Crippen molar-refractivity contribution in [1.29, 1.82) is 0 Å². The van der Waals surface area contributed by atoms with E-state index in [0.717, 1.165) is 27.5 Å². The topological polar surface area (TPSA) is 39.5 Å². The van der Waals surface area contributed by atoms with Gasteiger partial charge in [-0.15, -0.1) is 0 Å². The van der Waals surface area contributed by atoms with Crippen LogP contribution < -0.4 is 4.57 Å². The number of imidazole rings is 1. The Morgan fingerprint density at radius 3 is 3.00 bits per heavy atom. The molecule has 1 aliphatic rings. The molecule has 0 aliphatic carbocycles. The summed E-state index contributed by atoms with van der Waals surface area (Å²) < 4.78 is 29.7. The summed E-state index contributed by atoms with van der Waals surface area (Å²) >= 11 is 0. The second-order valence-electron chi connectivity index (χ2n) is 5.40. The Kier molecular flexibility index (Phi) is 1.42. The molecule has 0 bridgehead atoms. The zero-order chi connectivity index (χ0) is 16.6. The fourth-order valence-corrected chi connectivity index (χ4v) is 3.47. The summed E-state index contributed by atoms with van der Waals surface area (Å²) in [6.07, 6.45) is 7.04. The predicted molar refractivity (Wildman–Crippen MR) is 79.7 cm³/mol. The monoisotopic (exact) mass is 279 g/mol. The first-order chi connectivity index (χ1) is 11.5. The number of hydrogen-bond acceptors (Lipinski definition) is 2. The lowest BCUT2D eigenvalue weighted by atomic mass is 10.2. The molecule has 0 aromatic carbocycles. The number of fused-ring (bicyclic) bond motifs is 7. The Hall–Kier alpha value is -2.69. The smallest absolute Gasteiger partial charge is 0.264 e. The van der Waals surface area contributed by atoms with Crippen LogP contribution in [0.5, 0.6) is 0 Å². The third kappa shape index (κ3) is 1.15. The molecule has 0 saturated heterocycles. The molecule has 0 radical (unpaired) electrons. The van der Waals surface area contributed by atoms with Crippen LogP contribution in [-0.4, -0.2) is 19.1 Å². The molecule has 0 fully saturated rings. The van der Waals surface area contributed by atoms with E-state index in [4.69, 9.17) is 4.11 Å². The summed E-state index contributed by atoms with van der Waals surface area (Å²) in [4.78, 5) is 8.41.